The number of aromatic nitrogens is 3. The molecule has 0 bridgehead atoms. The molecule has 0 amide bonds. The Kier molecular flexibility index (Phi) is 3.54. The number of rotatable bonds is 2. The Morgan fingerprint density at radius 3 is 2.88 bits per heavy atom. The molecule has 1 atom stereocenters. The van der Waals surface area contributed by atoms with Crippen LogP contribution in [0.3, 0.4) is 0 Å². The van der Waals surface area contributed by atoms with Crippen LogP contribution in [0.25, 0.3) is 16.9 Å². The predicted octanol–water partition coefficient (Wildman–Crippen LogP) is 2.47. The van der Waals surface area contributed by atoms with E-state index in [-0.39, 0.29) is 22.4 Å². The van der Waals surface area contributed by atoms with Crippen LogP contribution in [0.5, 0.6) is 5.75 Å². The largest absolute Gasteiger partial charge is 0.506 e. The quantitative estimate of drug-likeness (QED) is 0.744. The van der Waals surface area contributed by atoms with Gasteiger partial charge in [-0.05, 0) is 12.5 Å². The van der Waals surface area contributed by atoms with Crippen molar-refractivity contribution in [3.8, 4) is 17.0 Å². The van der Waals surface area contributed by atoms with Gasteiger partial charge in [0.2, 0.25) is 0 Å². The van der Waals surface area contributed by atoms with Gasteiger partial charge >= 0.3 is 0 Å². The van der Waals surface area contributed by atoms with E-state index in [1.807, 2.05) is 4.90 Å². The maximum absolute atomic E-state index is 14.3. The summed E-state index contributed by atoms with van der Waals surface area (Å²) in [5.41, 5.74) is 1.32. The summed E-state index contributed by atoms with van der Waals surface area (Å²) in [7, 11) is 0. The molecule has 0 aliphatic carbocycles. The number of halogens is 2. The third kappa shape index (κ3) is 2.37. The number of phenolic OH excluding ortho intramolecular Hbond substituents is 1. The molecule has 8 heteroatoms. The van der Waals surface area contributed by atoms with Crippen molar-refractivity contribution >= 4 is 23.1 Å². The minimum Gasteiger partial charge on any atom is -0.506 e. The summed E-state index contributed by atoms with van der Waals surface area (Å²) in [4.78, 5) is 10.7. The molecular formula is C16H14ClFN4O2. The Hall–Kier alpha value is -2.38. The second kappa shape index (κ2) is 5.61. The van der Waals surface area contributed by atoms with E-state index in [0.717, 1.165) is 6.07 Å². The van der Waals surface area contributed by atoms with Crippen LogP contribution in [-0.2, 0) is 0 Å². The van der Waals surface area contributed by atoms with Crippen molar-refractivity contribution in [1.82, 2.24) is 14.4 Å². The van der Waals surface area contributed by atoms with Crippen LogP contribution >= 0.6 is 11.6 Å². The SMILES string of the molecule is Oc1cc(F)c(-c2cnc3c(N4CCC(O)C4)nccn23)cc1Cl. The van der Waals surface area contributed by atoms with Gasteiger partial charge in [0, 0.05) is 37.1 Å². The number of aliphatic hydroxyl groups excluding tert-OH is 1. The van der Waals surface area contributed by atoms with E-state index in [4.69, 9.17) is 11.6 Å². The van der Waals surface area contributed by atoms with E-state index in [1.165, 1.54) is 6.07 Å². The number of hydrogen-bond acceptors (Lipinski definition) is 5. The summed E-state index contributed by atoms with van der Waals surface area (Å²) in [6.45, 7) is 1.18. The molecule has 0 saturated carbocycles. The number of fused-ring (bicyclic) bond motifs is 1. The van der Waals surface area contributed by atoms with Gasteiger partial charge in [0.05, 0.1) is 23.0 Å². The molecular weight excluding hydrogens is 335 g/mol. The molecule has 4 rings (SSSR count). The average Bonchev–Trinajstić information content (AvgIpc) is 3.17. The van der Waals surface area contributed by atoms with Crippen LogP contribution in [0.2, 0.25) is 5.02 Å². The number of anilines is 1. The summed E-state index contributed by atoms with van der Waals surface area (Å²) in [5.74, 6) is -0.251. The Morgan fingerprint density at radius 2 is 2.12 bits per heavy atom. The fourth-order valence-corrected chi connectivity index (χ4v) is 3.16. The lowest BCUT2D eigenvalue weighted by molar-refractivity contribution is 0.198. The van der Waals surface area contributed by atoms with E-state index < -0.39 is 5.82 Å². The molecule has 1 aromatic carbocycles. The first kappa shape index (κ1) is 15.2. The zero-order chi connectivity index (χ0) is 16.8. The highest BCUT2D eigenvalue weighted by Gasteiger charge is 2.24. The molecule has 0 radical (unpaired) electrons. The Labute approximate surface area is 141 Å². The summed E-state index contributed by atoms with van der Waals surface area (Å²) in [6.07, 6.45) is 5.14. The molecule has 0 spiro atoms. The summed E-state index contributed by atoms with van der Waals surface area (Å²) < 4.78 is 16.0. The Balaban J connectivity index is 1.86. The first-order chi connectivity index (χ1) is 11.5. The second-order valence-corrected chi connectivity index (χ2v) is 6.17. The van der Waals surface area contributed by atoms with Crippen molar-refractivity contribution in [3.05, 3.63) is 41.6 Å². The monoisotopic (exact) mass is 348 g/mol. The zero-order valence-electron chi connectivity index (χ0n) is 12.5. The van der Waals surface area contributed by atoms with Crippen LogP contribution < -0.4 is 4.90 Å². The van der Waals surface area contributed by atoms with Gasteiger partial charge in [-0.2, -0.15) is 0 Å². The standard InChI is InChI=1S/C16H14ClFN4O2/c17-11-5-10(12(18)6-14(11)24)13-7-20-16-15(19-2-4-22(13)16)21-3-1-9(23)8-21/h2,4-7,9,23-24H,1,3,8H2. The van der Waals surface area contributed by atoms with Crippen molar-refractivity contribution < 1.29 is 14.6 Å². The topological polar surface area (TPSA) is 73.9 Å². The van der Waals surface area contributed by atoms with E-state index in [9.17, 15) is 14.6 Å². The van der Waals surface area contributed by atoms with Crippen LogP contribution in [0.1, 0.15) is 6.42 Å². The van der Waals surface area contributed by atoms with Gasteiger partial charge in [-0.25, -0.2) is 14.4 Å². The molecule has 24 heavy (non-hydrogen) atoms. The third-order valence-corrected chi connectivity index (χ3v) is 4.49. The van der Waals surface area contributed by atoms with Crippen LogP contribution in [-0.4, -0.2) is 43.8 Å². The first-order valence-corrected chi connectivity index (χ1v) is 7.86. The molecule has 3 aromatic rings. The minimum atomic E-state index is -0.589. The van der Waals surface area contributed by atoms with Gasteiger partial charge in [-0.1, -0.05) is 11.6 Å². The molecule has 1 aliphatic heterocycles. The molecule has 1 unspecified atom stereocenters. The number of benzene rings is 1. The van der Waals surface area contributed by atoms with Crippen LogP contribution in [0.4, 0.5) is 10.2 Å². The van der Waals surface area contributed by atoms with Gasteiger partial charge < -0.3 is 15.1 Å². The number of phenols is 1. The molecule has 1 aliphatic rings. The van der Waals surface area contributed by atoms with Gasteiger partial charge in [0.1, 0.15) is 11.6 Å². The fraction of sp³-hybridized carbons (Fsp3) is 0.250. The number of β-amino-alcohol motifs (C(OH)–C–C–N with tert-alkyl or cyclic N) is 1. The number of aromatic hydroxyl groups is 1. The van der Waals surface area contributed by atoms with Crippen molar-refractivity contribution in [1.29, 1.82) is 0 Å². The normalized spacial score (nSPS) is 17.8. The highest BCUT2D eigenvalue weighted by molar-refractivity contribution is 6.32. The predicted molar refractivity (Wildman–Crippen MR) is 87.9 cm³/mol. The Morgan fingerprint density at radius 1 is 1.29 bits per heavy atom. The third-order valence-electron chi connectivity index (χ3n) is 4.18. The van der Waals surface area contributed by atoms with Crippen molar-refractivity contribution in [2.45, 2.75) is 12.5 Å². The van der Waals surface area contributed by atoms with Gasteiger partial charge in [-0.3, -0.25) is 4.40 Å². The highest BCUT2D eigenvalue weighted by Crippen LogP contribution is 2.33. The van der Waals surface area contributed by atoms with Crippen molar-refractivity contribution in [2.75, 3.05) is 18.0 Å². The first-order valence-electron chi connectivity index (χ1n) is 7.48. The molecule has 6 nitrogen and oxygen atoms in total. The summed E-state index contributed by atoms with van der Waals surface area (Å²) >= 11 is 5.91. The second-order valence-electron chi connectivity index (χ2n) is 5.76. The van der Waals surface area contributed by atoms with E-state index in [2.05, 4.69) is 9.97 Å². The smallest absolute Gasteiger partial charge is 0.180 e. The minimum absolute atomic E-state index is 0.0679. The van der Waals surface area contributed by atoms with E-state index in [0.29, 0.717) is 36.7 Å². The van der Waals surface area contributed by atoms with Crippen LogP contribution in [0.15, 0.2) is 30.7 Å². The van der Waals surface area contributed by atoms with E-state index in [1.54, 1.807) is 23.0 Å². The lowest BCUT2D eigenvalue weighted by Crippen LogP contribution is -2.23. The maximum Gasteiger partial charge on any atom is 0.180 e. The van der Waals surface area contributed by atoms with E-state index >= 15 is 0 Å². The van der Waals surface area contributed by atoms with Crippen LogP contribution in [0, 0.1) is 5.82 Å². The summed E-state index contributed by atoms with van der Waals surface area (Å²) in [5, 5.41) is 19.3. The highest BCUT2D eigenvalue weighted by atomic mass is 35.5. The number of nitrogens with zero attached hydrogens (tertiary/aromatic N) is 4. The molecule has 2 N–H and O–H groups in total. The number of hydrogen-bond donors (Lipinski definition) is 2. The van der Waals surface area contributed by atoms with Gasteiger partial charge in [0.25, 0.3) is 0 Å². The van der Waals surface area contributed by atoms with Crippen molar-refractivity contribution in [3.63, 3.8) is 0 Å². The summed E-state index contributed by atoms with van der Waals surface area (Å²) in [6, 6.07) is 2.35. The lowest BCUT2D eigenvalue weighted by Gasteiger charge is -2.17. The van der Waals surface area contributed by atoms with Crippen molar-refractivity contribution in [2.24, 2.45) is 0 Å². The Bertz CT molecular complexity index is 930. The molecule has 2 aromatic heterocycles. The zero-order valence-corrected chi connectivity index (χ0v) is 13.3. The van der Waals surface area contributed by atoms with Gasteiger partial charge in [-0.15, -0.1) is 0 Å². The van der Waals surface area contributed by atoms with Gasteiger partial charge in [0.15, 0.2) is 11.5 Å². The maximum atomic E-state index is 14.3. The average molecular weight is 349 g/mol. The molecule has 124 valence electrons. The number of aliphatic hydroxyl groups is 1. The lowest BCUT2D eigenvalue weighted by atomic mass is 10.1. The molecule has 1 saturated heterocycles. The molecule has 1 fully saturated rings. The molecule has 3 heterocycles. The number of imidazole rings is 1. The fourth-order valence-electron chi connectivity index (χ4n) is 2.99.